The average Bonchev–Trinajstić information content (AvgIpc) is 3.26. The molecule has 0 saturated heterocycles. The van der Waals surface area contributed by atoms with Crippen LogP contribution in [0.4, 0.5) is 5.69 Å². The monoisotopic (exact) mass is 408 g/mol. The molecule has 0 atom stereocenters. The van der Waals surface area contributed by atoms with E-state index in [9.17, 15) is 4.79 Å². The quantitative estimate of drug-likeness (QED) is 0.295. The van der Waals surface area contributed by atoms with Gasteiger partial charge in [0, 0.05) is 7.05 Å². The molecule has 0 radical (unpaired) electrons. The number of carbonyl (C=O) groups excluding carboxylic acids is 1. The standard InChI is InChI=1S/C23H24N2O5/c1-4-28-22-14-17(15-24-25(2)18-8-6-5-7-9-18)10-12-20(22)29-16-19-11-13-21(30-19)23(26)27-3/h5-15H,4,16H2,1-3H3/b24-15-. The van der Waals surface area contributed by atoms with E-state index in [1.165, 1.54) is 7.11 Å². The van der Waals surface area contributed by atoms with E-state index in [0.29, 0.717) is 23.9 Å². The first-order chi connectivity index (χ1) is 14.6. The Hall–Kier alpha value is -3.74. The van der Waals surface area contributed by atoms with Crippen LogP contribution in [0.5, 0.6) is 11.5 Å². The van der Waals surface area contributed by atoms with E-state index >= 15 is 0 Å². The van der Waals surface area contributed by atoms with Crippen LogP contribution in [0.2, 0.25) is 0 Å². The van der Waals surface area contributed by atoms with Crippen LogP contribution in [0.25, 0.3) is 0 Å². The SMILES string of the molecule is CCOc1cc(/C=N\N(C)c2ccccc2)ccc1OCc1ccc(C(=O)OC)o1. The molecule has 0 bridgehead atoms. The van der Waals surface area contributed by atoms with Gasteiger partial charge in [0.2, 0.25) is 5.76 Å². The van der Waals surface area contributed by atoms with Gasteiger partial charge < -0.3 is 18.6 Å². The number of esters is 1. The minimum atomic E-state index is -0.527. The van der Waals surface area contributed by atoms with Crippen LogP contribution in [0, 0.1) is 0 Å². The molecule has 0 amide bonds. The number of hydrogen-bond donors (Lipinski definition) is 0. The predicted molar refractivity (Wildman–Crippen MR) is 114 cm³/mol. The first-order valence-electron chi connectivity index (χ1n) is 9.50. The number of anilines is 1. The molecular formula is C23H24N2O5. The number of rotatable bonds is 9. The van der Waals surface area contributed by atoms with Crippen LogP contribution in [-0.4, -0.2) is 32.9 Å². The van der Waals surface area contributed by atoms with Gasteiger partial charge in [0.05, 0.1) is 25.6 Å². The van der Waals surface area contributed by atoms with Crippen LogP contribution in [0.3, 0.4) is 0 Å². The van der Waals surface area contributed by atoms with Crippen molar-refractivity contribution >= 4 is 17.9 Å². The summed E-state index contributed by atoms with van der Waals surface area (Å²) < 4.78 is 21.6. The van der Waals surface area contributed by atoms with Gasteiger partial charge in [-0.05, 0) is 55.0 Å². The summed E-state index contributed by atoms with van der Waals surface area (Å²) in [6.45, 7) is 2.55. The lowest BCUT2D eigenvalue weighted by Crippen LogP contribution is -2.08. The molecule has 3 rings (SSSR count). The Morgan fingerprint density at radius 3 is 2.60 bits per heavy atom. The highest BCUT2D eigenvalue weighted by molar-refractivity contribution is 5.86. The van der Waals surface area contributed by atoms with Crippen LogP contribution in [0.15, 0.2) is 70.2 Å². The van der Waals surface area contributed by atoms with Gasteiger partial charge in [-0.2, -0.15) is 5.10 Å². The van der Waals surface area contributed by atoms with Crippen LogP contribution >= 0.6 is 0 Å². The van der Waals surface area contributed by atoms with Crippen molar-refractivity contribution < 1.29 is 23.4 Å². The Morgan fingerprint density at radius 1 is 1.07 bits per heavy atom. The van der Waals surface area contributed by atoms with Crippen molar-refractivity contribution in [2.45, 2.75) is 13.5 Å². The van der Waals surface area contributed by atoms with Crippen molar-refractivity contribution in [3.05, 3.63) is 77.7 Å². The molecule has 1 aromatic heterocycles. The lowest BCUT2D eigenvalue weighted by Gasteiger charge is -2.13. The molecule has 0 aliphatic rings. The van der Waals surface area contributed by atoms with Gasteiger partial charge in [-0.3, -0.25) is 5.01 Å². The fourth-order valence-corrected chi connectivity index (χ4v) is 2.67. The summed E-state index contributed by atoms with van der Waals surface area (Å²) in [7, 11) is 3.19. The zero-order valence-electron chi connectivity index (χ0n) is 17.2. The molecule has 0 saturated carbocycles. The van der Waals surface area contributed by atoms with Gasteiger partial charge in [0.25, 0.3) is 0 Å². The van der Waals surface area contributed by atoms with Crippen molar-refractivity contribution in [2.24, 2.45) is 5.10 Å². The molecule has 156 valence electrons. The van der Waals surface area contributed by atoms with Crippen molar-refractivity contribution in [2.75, 3.05) is 25.8 Å². The van der Waals surface area contributed by atoms with E-state index in [-0.39, 0.29) is 12.4 Å². The summed E-state index contributed by atoms with van der Waals surface area (Å²) in [4.78, 5) is 11.5. The molecule has 3 aromatic rings. The topological polar surface area (TPSA) is 73.5 Å². The minimum absolute atomic E-state index is 0.134. The van der Waals surface area contributed by atoms with E-state index in [4.69, 9.17) is 13.9 Å². The summed E-state index contributed by atoms with van der Waals surface area (Å²) in [5, 5.41) is 6.26. The third kappa shape index (κ3) is 5.41. The zero-order chi connectivity index (χ0) is 21.3. The van der Waals surface area contributed by atoms with E-state index in [1.807, 2.05) is 62.5 Å². The van der Waals surface area contributed by atoms with E-state index in [0.717, 1.165) is 11.3 Å². The first kappa shape index (κ1) is 21.0. The fourth-order valence-electron chi connectivity index (χ4n) is 2.67. The molecule has 7 nitrogen and oxygen atoms in total. The molecule has 2 aromatic carbocycles. The molecule has 0 unspecified atom stereocenters. The maximum Gasteiger partial charge on any atom is 0.373 e. The number of benzene rings is 2. The molecular weight excluding hydrogens is 384 g/mol. The third-order valence-corrected chi connectivity index (χ3v) is 4.20. The Kier molecular flexibility index (Phi) is 7.10. The molecule has 0 aliphatic carbocycles. The Bertz CT molecular complexity index is 998. The van der Waals surface area contributed by atoms with Crippen molar-refractivity contribution in [1.82, 2.24) is 0 Å². The van der Waals surface area contributed by atoms with Gasteiger partial charge >= 0.3 is 5.97 Å². The summed E-state index contributed by atoms with van der Waals surface area (Å²) in [5.41, 5.74) is 1.86. The molecule has 30 heavy (non-hydrogen) atoms. The summed E-state index contributed by atoms with van der Waals surface area (Å²) in [6, 6.07) is 18.7. The van der Waals surface area contributed by atoms with Crippen LogP contribution in [0.1, 0.15) is 28.8 Å². The minimum Gasteiger partial charge on any atom is -0.490 e. The van der Waals surface area contributed by atoms with Gasteiger partial charge in [-0.1, -0.05) is 18.2 Å². The van der Waals surface area contributed by atoms with Gasteiger partial charge in [-0.15, -0.1) is 0 Å². The highest BCUT2D eigenvalue weighted by Crippen LogP contribution is 2.29. The third-order valence-electron chi connectivity index (χ3n) is 4.20. The summed E-state index contributed by atoms with van der Waals surface area (Å²) in [6.07, 6.45) is 1.76. The van der Waals surface area contributed by atoms with Crippen molar-refractivity contribution in [3.8, 4) is 11.5 Å². The van der Waals surface area contributed by atoms with Crippen LogP contribution < -0.4 is 14.5 Å². The van der Waals surface area contributed by atoms with Gasteiger partial charge in [0.1, 0.15) is 12.4 Å². The number of carbonyl (C=O) groups is 1. The number of methoxy groups -OCH3 is 1. The largest absolute Gasteiger partial charge is 0.490 e. The summed E-state index contributed by atoms with van der Waals surface area (Å²) in [5.74, 6) is 1.29. The maximum absolute atomic E-state index is 11.5. The molecule has 0 N–H and O–H groups in total. The second-order valence-electron chi connectivity index (χ2n) is 6.29. The first-order valence-corrected chi connectivity index (χ1v) is 9.50. The molecule has 0 spiro atoms. The normalized spacial score (nSPS) is 10.8. The predicted octanol–water partition coefficient (Wildman–Crippen LogP) is 4.51. The smallest absolute Gasteiger partial charge is 0.373 e. The lowest BCUT2D eigenvalue weighted by atomic mass is 10.2. The Labute approximate surface area is 175 Å². The number of hydrazone groups is 1. The Balaban J connectivity index is 1.69. The molecule has 0 aliphatic heterocycles. The molecule has 1 heterocycles. The highest BCUT2D eigenvalue weighted by Gasteiger charge is 2.12. The lowest BCUT2D eigenvalue weighted by molar-refractivity contribution is 0.0561. The number of para-hydroxylation sites is 1. The molecule has 0 fully saturated rings. The number of furan rings is 1. The van der Waals surface area contributed by atoms with Gasteiger partial charge in [-0.25, -0.2) is 4.79 Å². The second-order valence-corrected chi connectivity index (χ2v) is 6.29. The van der Waals surface area contributed by atoms with Crippen LogP contribution in [-0.2, 0) is 11.3 Å². The van der Waals surface area contributed by atoms with E-state index in [2.05, 4.69) is 9.84 Å². The Morgan fingerprint density at radius 2 is 1.87 bits per heavy atom. The number of nitrogens with zero attached hydrogens (tertiary/aromatic N) is 2. The van der Waals surface area contributed by atoms with E-state index < -0.39 is 5.97 Å². The highest BCUT2D eigenvalue weighted by atomic mass is 16.5. The maximum atomic E-state index is 11.5. The van der Waals surface area contributed by atoms with E-state index in [1.54, 1.807) is 23.4 Å². The molecule has 7 heteroatoms. The van der Waals surface area contributed by atoms with Crippen molar-refractivity contribution in [3.63, 3.8) is 0 Å². The fraction of sp³-hybridized carbons (Fsp3) is 0.217. The number of ether oxygens (including phenoxy) is 3. The number of hydrogen-bond acceptors (Lipinski definition) is 7. The van der Waals surface area contributed by atoms with Crippen molar-refractivity contribution in [1.29, 1.82) is 0 Å². The summed E-state index contributed by atoms with van der Waals surface area (Å²) >= 11 is 0. The average molecular weight is 408 g/mol. The zero-order valence-corrected chi connectivity index (χ0v) is 17.2. The second kappa shape index (κ2) is 10.2. The van der Waals surface area contributed by atoms with Gasteiger partial charge in [0.15, 0.2) is 11.5 Å².